The number of nitrogens with zero attached hydrogens (tertiary/aromatic N) is 5. The third-order valence-corrected chi connectivity index (χ3v) is 6.56. The molecule has 1 fully saturated rings. The van der Waals surface area contributed by atoms with Gasteiger partial charge in [0.05, 0.1) is 6.20 Å². The minimum absolute atomic E-state index is 0.132. The highest BCUT2D eigenvalue weighted by Crippen LogP contribution is 2.41. The maximum atomic E-state index is 13.1. The van der Waals surface area contributed by atoms with Crippen molar-refractivity contribution in [2.75, 3.05) is 16.8 Å². The summed E-state index contributed by atoms with van der Waals surface area (Å²) >= 11 is 0. The van der Waals surface area contributed by atoms with Crippen LogP contribution in [-0.2, 0) is 4.79 Å². The number of carbonyl (C=O) groups excluding carboxylic acids is 1. The maximum Gasteiger partial charge on any atom is 0.249 e. The molecule has 0 bridgehead atoms. The molecule has 0 saturated heterocycles. The largest absolute Gasteiger partial charge is 0.340 e. The summed E-state index contributed by atoms with van der Waals surface area (Å²) in [6.07, 6.45) is 10.8. The van der Waals surface area contributed by atoms with E-state index >= 15 is 0 Å². The molecule has 6 heteroatoms. The molecule has 158 valence electrons. The normalized spacial score (nSPS) is 19.0. The van der Waals surface area contributed by atoms with E-state index in [0.717, 1.165) is 47.5 Å². The SMILES string of the molecule is CC[C@@H]1C(=O)N(C)c2cnc(-c3ccncc3-c3ccccc3)nc2N1C1CCCC1. The molecule has 2 aromatic heterocycles. The Morgan fingerprint density at radius 2 is 1.81 bits per heavy atom. The first kappa shape index (κ1) is 19.7. The molecule has 1 atom stereocenters. The zero-order valence-electron chi connectivity index (χ0n) is 18.0. The molecule has 5 rings (SSSR count). The maximum absolute atomic E-state index is 13.1. The van der Waals surface area contributed by atoms with Crippen LogP contribution in [0.3, 0.4) is 0 Å². The number of hydrogen-bond acceptors (Lipinski definition) is 5. The Morgan fingerprint density at radius 3 is 2.55 bits per heavy atom. The van der Waals surface area contributed by atoms with Crippen molar-refractivity contribution in [3.63, 3.8) is 0 Å². The zero-order chi connectivity index (χ0) is 21.4. The molecule has 31 heavy (non-hydrogen) atoms. The first-order valence-corrected chi connectivity index (χ1v) is 11.1. The molecule has 0 radical (unpaired) electrons. The zero-order valence-corrected chi connectivity index (χ0v) is 18.0. The van der Waals surface area contributed by atoms with Crippen LogP contribution in [0.4, 0.5) is 11.5 Å². The first-order chi connectivity index (χ1) is 15.2. The van der Waals surface area contributed by atoms with Crippen molar-refractivity contribution < 1.29 is 4.79 Å². The molecule has 6 nitrogen and oxygen atoms in total. The Hall–Kier alpha value is -3.28. The number of anilines is 2. The molecule has 3 aromatic rings. The van der Waals surface area contributed by atoms with Crippen LogP contribution in [0.1, 0.15) is 39.0 Å². The number of rotatable bonds is 4. The predicted molar refractivity (Wildman–Crippen MR) is 123 cm³/mol. The fourth-order valence-electron chi connectivity index (χ4n) is 4.95. The summed E-state index contributed by atoms with van der Waals surface area (Å²) in [6.45, 7) is 2.09. The smallest absolute Gasteiger partial charge is 0.249 e. The van der Waals surface area contributed by atoms with Gasteiger partial charge in [0.15, 0.2) is 11.6 Å². The summed E-state index contributed by atoms with van der Waals surface area (Å²) in [6, 6.07) is 12.4. The quantitative estimate of drug-likeness (QED) is 0.620. The molecule has 1 aliphatic heterocycles. The number of carbonyl (C=O) groups is 1. The van der Waals surface area contributed by atoms with Crippen molar-refractivity contribution >= 4 is 17.4 Å². The van der Waals surface area contributed by atoms with E-state index in [4.69, 9.17) is 4.98 Å². The van der Waals surface area contributed by atoms with Crippen molar-refractivity contribution in [3.8, 4) is 22.5 Å². The molecular weight excluding hydrogens is 386 g/mol. The van der Waals surface area contributed by atoms with Crippen molar-refractivity contribution in [3.05, 3.63) is 55.0 Å². The van der Waals surface area contributed by atoms with Gasteiger partial charge < -0.3 is 9.80 Å². The van der Waals surface area contributed by atoms with Crippen LogP contribution < -0.4 is 9.80 Å². The van der Waals surface area contributed by atoms with E-state index in [1.165, 1.54) is 12.8 Å². The predicted octanol–water partition coefficient (Wildman–Crippen LogP) is 4.71. The number of amides is 1. The van der Waals surface area contributed by atoms with E-state index in [9.17, 15) is 4.79 Å². The fraction of sp³-hybridized carbons (Fsp3) is 0.360. The van der Waals surface area contributed by atoms with Crippen LogP contribution >= 0.6 is 0 Å². The lowest BCUT2D eigenvalue weighted by Crippen LogP contribution is -2.55. The van der Waals surface area contributed by atoms with Crippen LogP contribution in [0.15, 0.2) is 55.0 Å². The number of aromatic nitrogens is 3. The molecule has 1 saturated carbocycles. The highest BCUT2D eigenvalue weighted by Gasteiger charge is 2.41. The first-order valence-electron chi connectivity index (χ1n) is 11.1. The molecule has 0 unspecified atom stereocenters. The number of benzene rings is 1. The van der Waals surface area contributed by atoms with Gasteiger partial charge in [0.2, 0.25) is 5.91 Å². The Labute approximate surface area is 183 Å². The van der Waals surface area contributed by atoms with Gasteiger partial charge in [0.25, 0.3) is 0 Å². The van der Waals surface area contributed by atoms with Crippen LogP contribution in [0, 0.1) is 0 Å². The Balaban J connectivity index is 1.66. The van der Waals surface area contributed by atoms with Gasteiger partial charge in [0, 0.05) is 36.6 Å². The lowest BCUT2D eigenvalue weighted by atomic mass is 10.0. The van der Waals surface area contributed by atoms with Gasteiger partial charge >= 0.3 is 0 Å². The lowest BCUT2D eigenvalue weighted by molar-refractivity contribution is -0.120. The van der Waals surface area contributed by atoms with Crippen LogP contribution in [0.5, 0.6) is 0 Å². The van der Waals surface area contributed by atoms with E-state index in [2.05, 4.69) is 33.9 Å². The van der Waals surface area contributed by atoms with Gasteiger partial charge in [-0.2, -0.15) is 0 Å². The molecule has 1 aromatic carbocycles. The summed E-state index contributed by atoms with van der Waals surface area (Å²) in [5.74, 6) is 1.68. The van der Waals surface area contributed by atoms with Crippen LogP contribution in [0.2, 0.25) is 0 Å². The molecule has 0 spiro atoms. The van der Waals surface area contributed by atoms with Gasteiger partial charge in [-0.1, -0.05) is 50.1 Å². The summed E-state index contributed by atoms with van der Waals surface area (Å²) in [5, 5.41) is 0. The van der Waals surface area contributed by atoms with E-state index in [1.54, 1.807) is 17.3 Å². The van der Waals surface area contributed by atoms with Crippen molar-refractivity contribution in [2.45, 2.75) is 51.1 Å². The van der Waals surface area contributed by atoms with E-state index in [0.29, 0.717) is 11.9 Å². The lowest BCUT2D eigenvalue weighted by Gasteiger charge is -2.43. The summed E-state index contributed by atoms with van der Waals surface area (Å²) in [5.41, 5.74) is 3.82. The molecule has 2 aliphatic rings. The summed E-state index contributed by atoms with van der Waals surface area (Å²) in [7, 11) is 1.83. The second-order valence-electron chi connectivity index (χ2n) is 8.36. The van der Waals surface area contributed by atoms with Gasteiger partial charge in [-0.15, -0.1) is 0 Å². The molecule has 1 amide bonds. The molecule has 3 heterocycles. The number of fused-ring (bicyclic) bond motifs is 1. The average molecular weight is 414 g/mol. The standard InChI is InChI=1S/C25H27N5O/c1-3-21-25(31)29(2)22-16-27-23(28-24(22)30(21)18-11-7-8-12-18)19-13-14-26-15-20(19)17-9-5-4-6-10-17/h4-6,9-10,13-16,18,21H,3,7-8,11-12H2,1-2H3/t21-/m1/s1. The monoisotopic (exact) mass is 413 g/mol. The van der Waals surface area contributed by atoms with Crippen LogP contribution in [-0.4, -0.2) is 40.0 Å². The molecule has 1 aliphatic carbocycles. The van der Waals surface area contributed by atoms with E-state index < -0.39 is 0 Å². The third kappa shape index (κ3) is 3.36. The van der Waals surface area contributed by atoms with Gasteiger partial charge in [-0.25, -0.2) is 9.97 Å². The Morgan fingerprint density at radius 1 is 1.03 bits per heavy atom. The Kier molecular flexibility index (Phi) is 5.14. The van der Waals surface area contributed by atoms with Gasteiger partial charge in [-0.05, 0) is 30.9 Å². The number of likely N-dealkylation sites (N-methyl/N-ethyl adjacent to an activating group) is 1. The minimum Gasteiger partial charge on any atom is -0.340 e. The van der Waals surface area contributed by atoms with Gasteiger partial charge in [-0.3, -0.25) is 9.78 Å². The van der Waals surface area contributed by atoms with E-state index in [-0.39, 0.29) is 11.9 Å². The van der Waals surface area contributed by atoms with Crippen molar-refractivity contribution in [1.29, 1.82) is 0 Å². The second kappa shape index (κ2) is 8.10. The number of pyridine rings is 1. The highest BCUT2D eigenvalue weighted by molar-refractivity contribution is 6.04. The van der Waals surface area contributed by atoms with Crippen LogP contribution in [0.25, 0.3) is 22.5 Å². The second-order valence-corrected chi connectivity index (χ2v) is 8.36. The minimum atomic E-state index is -0.172. The fourth-order valence-corrected chi connectivity index (χ4v) is 4.95. The van der Waals surface area contributed by atoms with E-state index in [1.807, 2.05) is 37.5 Å². The van der Waals surface area contributed by atoms with Crippen molar-refractivity contribution in [1.82, 2.24) is 15.0 Å². The Bertz CT molecular complexity index is 1090. The molecular formula is C25H27N5O. The number of hydrogen-bond donors (Lipinski definition) is 0. The topological polar surface area (TPSA) is 62.2 Å². The molecule has 0 N–H and O–H groups in total. The third-order valence-electron chi connectivity index (χ3n) is 6.56. The highest BCUT2D eigenvalue weighted by atomic mass is 16.2. The average Bonchev–Trinajstić information content (AvgIpc) is 3.36. The summed E-state index contributed by atoms with van der Waals surface area (Å²) in [4.78, 5) is 31.2. The summed E-state index contributed by atoms with van der Waals surface area (Å²) < 4.78 is 0. The van der Waals surface area contributed by atoms with Gasteiger partial charge in [0.1, 0.15) is 11.7 Å². The van der Waals surface area contributed by atoms with Crippen molar-refractivity contribution in [2.24, 2.45) is 0 Å².